The van der Waals surface area contributed by atoms with Gasteiger partial charge in [-0.1, -0.05) is 69.7 Å². The second-order valence-electron chi connectivity index (χ2n) is 10.7. The standard InChI is InChI=1S/C31H33F3O2/c1-30(2,3)26-15-11-22(12-16-26)28(35)18-25-17-23-7-5-4-6-8-24(23)19-29(25)36-20-21-9-13-27(14-10-21)31(32,33)34/h9-17,19H,4-8,18,20H2,1-3H3. The number of fused-ring (bicyclic) bond motifs is 1. The van der Waals surface area contributed by atoms with Crippen molar-refractivity contribution in [3.63, 3.8) is 0 Å². The normalized spacial score (nSPS) is 14.2. The highest BCUT2D eigenvalue weighted by molar-refractivity contribution is 5.97. The zero-order valence-electron chi connectivity index (χ0n) is 21.2. The molecule has 0 unspecified atom stereocenters. The first kappa shape index (κ1) is 26.0. The van der Waals surface area contributed by atoms with Crippen LogP contribution in [0.5, 0.6) is 5.75 Å². The van der Waals surface area contributed by atoms with Crippen LogP contribution in [-0.4, -0.2) is 5.78 Å². The van der Waals surface area contributed by atoms with Gasteiger partial charge in [0.25, 0.3) is 0 Å². The number of carbonyl (C=O) groups excluding carboxylic acids is 1. The van der Waals surface area contributed by atoms with Crippen molar-refractivity contribution in [2.75, 3.05) is 0 Å². The van der Waals surface area contributed by atoms with Crippen molar-refractivity contribution in [1.29, 1.82) is 0 Å². The molecule has 0 aromatic heterocycles. The molecular formula is C31H33F3O2. The molecule has 0 amide bonds. The van der Waals surface area contributed by atoms with Crippen molar-refractivity contribution in [3.05, 3.63) is 99.6 Å². The van der Waals surface area contributed by atoms with E-state index in [2.05, 4.69) is 26.8 Å². The fourth-order valence-electron chi connectivity index (χ4n) is 4.65. The second kappa shape index (κ2) is 10.5. The summed E-state index contributed by atoms with van der Waals surface area (Å²) in [5.74, 6) is 0.652. The first-order valence-electron chi connectivity index (χ1n) is 12.6. The molecule has 2 nitrogen and oxygen atoms in total. The number of alkyl halides is 3. The lowest BCUT2D eigenvalue weighted by atomic mass is 9.86. The maximum Gasteiger partial charge on any atom is 0.416 e. The molecular weight excluding hydrogens is 461 g/mol. The average Bonchev–Trinajstić information content (AvgIpc) is 3.06. The van der Waals surface area contributed by atoms with Gasteiger partial charge in [0.05, 0.1) is 5.56 Å². The predicted octanol–water partition coefficient (Wildman–Crippen LogP) is 8.28. The molecule has 36 heavy (non-hydrogen) atoms. The first-order valence-corrected chi connectivity index (χ1v) is 12.6. The van der Waals surface area contributed by atoms with Gasteiger partial charge in [-0.15, -0.1) is 0 Å². The zero-order chi connectivity index (χ0) is 25.9. The van der Waals surface area contributed by atoms with E-state index < -0.39 is 11.7 Å². The Morgan fingerprint density at radius 1 is 0.806 bits per heavy atom. The Morgan fingerprint density at radius 3 is 1.97 bits per heavy atom. The molecule has 0 saturated heterocycles. The van der Waals surface area contributed by atoms with Crippen molar-refractivity contribution in [2.24, 2.45) is 0 Å². The van der Waals surface area contributed by atoms with Crippen LogP contribution in [0.15, 0.2) is 60.7 Å². The van der Waals surface area contributed by atoms with Crippen LogP contribution >= 0.6 is 0 Å². The van der Waals surface area contributed by atoms with Crippen LogP contribution in [0.3, 0.4) is 0 Å². The number of halogens is 3. The molecule has 1 aliphatic rings. The van der Waals surface area contributed by atoms with Crippen LogP contribution < -0.4 is 4.74 Å². The molecule has 1 aliphatic carbocycles. The highest BCUT2D eigenvalue weighted by Crippen LogP contribution is 2.32. The molecule has 0 atom stereocenters. The molecule has 3 aromatic rings. The number of carbonyl (C=O) groups is 1. The van der Waals surface area contributed by atoms with Gasteiger partial charge in [-0.3, -0.25) is 4.79 Å². The summed E-state index contributed by atoms with van der Waals surface area (Å²) >= 11 is 0. The van der Waals surface area contributed by atoms with Crippen LogP contribution in [0.1, 0.15) is 83.8 Å². The van der Waals surface area contributed by atoms with Crippen LogP contribution in [0, 0.1) is 0 Å². The minimum Gasteiger partial charge on any atom is -0.489 e. The number of rotatable bonds is 6. The van der Waals surface area contributed by atoms with E-state index >= 15 is 0 Å². The number of hydrogen-bond donors (Lipinski definition) is 0. The monoisotopic (exact) mass is 494 g/mol. The van der Waals surface area contributed by atoms with Crippen molar-refractivity contribution in [1.82, 2.24) is 0 Å². The van der Waals surface area contributed by atoms with Crippen molar-refractivity contribution < 1.29 is 22.7 Å². The third-order valence-corrected chi connectivity index (χ3v) is 6.87. The number of aryl methyl sites for hydroxylation is 2. The SMILES string of the molecule is CC(C)(C)c1ccc(C(=O)Cc2cc3c(cc2OCc2ccc(C(F)(F)F)cc2)CCCCC3)cc1. The third-order valence-electron chi connectivity index (χ3n) is 6.87. The summed E-state index contributed by atoms with van der Waals surface area (Å²) in [5, 5.41) is 0. The van der Waals surface area contributed by atoms with Gasteiger partial charge in [-0.05, 0) is 71.6 Å². The molecule has 0 aliphatic heterocycles. The summed E-state index contributed by atoms with van der Waals surface area (Å²) < 4.78 is 44.8. The maximum absolute atomic E-state index is 13.2. The number of Topliss-reactive ketones (excluding diaryl/α,β-unsaturated/α-hetero) is 1. The van der Waals surface area contributed by atoms with E-state index in [4.69, 9.17) is 4.74 Å². The Bertz CT molecular complexity index is 1200. The fraction of sp³-hybridized carbons (Fsp3) is 0.387. The summed E-state index contributed by atoms with van der Waals surface area (Å²) in [6.07, 6.45) is 1.21. The van der Waals surface area contributed by atoms with E-state index in [0.29, 0.717) is 16.9 Å². The fourth-order valence-corrected chi connectivity index (χ4v) is 4.65. The molecule has 0 heterocycles. The van der Waals surface area contributed by atoms with Gasteiger partial charge in [0.15, 0.2) is 5.78 Å². The summed E-state index contributed by atoms with van der Waals surface area (Å²) in [6.45, 7) is 6.55. The minimum atomic E-state index is -4.37. The van der Waals surface area contributed by atoms with Crippen LogP contribution in [0.25, 0.3) is 0 Å². The van der Waals surface area contributed by atoms with Crippen LogP contribution in [0.2, 0.25) is 0 Å². The number of benzene rings is 3. The molecule has 5 heteroatoms. The van der Waals surface area contributed by atoms with Gasteiger partial charge in [-0.2, -0.15) is 13.2 Å². The number of hydrogen-bond acceptors (Lipinski definition) is 2. The van der Waals surface area contributed by atoms with Crippen molar-refractivity contribution in [3.8, 4) is 5.75 Å². The molecule has 4 rings (SSSR count). The quantitative estimate of drug-likeness (QED) is 0.255. The van der Waals surface area contributed by atoms with E-state index in [-0.39, 0.29) is 24.2 Å². The summed E-state index contributed by atoms with van der Waals surface area (Å²) in [4.78, 5) is 13.2. The Hall–Kier alpha value is -3.08. The van der Waals surface area contributed by atoms with Crippen LogP contribution in [-0.2, 0) is 37.5 Å². The molecule has 0 N–H and O–H groups in total. The van der Waals surface area contributed by atoms with E-state index in [0.717, 1.165) is 43.4 Å². The van der Waals surface area contributed by atoms with Gasteiger partial charge in [0.2, 0.25) is 0 Å². The van der Waals surface area contributed by atoms with Gasteiger partial charge in [-0.25, -0.2) is 0 Å². The van der Waals surface area contributed by atoms with Crippen molar-refractivity contribution in [2.45, 2.75) is 77.5 Å². The molecule has 0 radical (unpaired) electrons. The lowest BCUT2D eigenvalue weighted by Crippen LogP contribution is -2.12. The zero-order valence-corrected chi connectivity index (χ0v) is 21.2. The summed E-state index contributed by atoms with van der Waals surface area (Å²) in [7, 11) is 0. The van der Waals surface area contributed by atoms with Gasteiger partial charge < -0.3 is 4.74 Å². The Kier molecular flexibility index (Phi) is 7.58. The van der Waals surface area contributed by atoms with E-state index in [1.54, 1.807) is 0 Å². The lowest BCUT2D eigenvalue weighted by Gasteiger charge is -2.19. The second-order valence-corrected chi connectivity index (χ2v) is 10.7. The van der Waals surface area contributed by atoms with Gasteiger partial charge in [0, 0.05) is 17.5 Å². The van der Waals surface area contributed by atoms with Gasteiger partial charge >= 0.3 is 6.18 Å². The Labute approximate surface area is 211 Å². The lowest BCUT2D eigenvalue weighted by molar-refractivity contribution is -0.137. The Morgan fingerprint density at radius 2 is 1.39 bits per heavy atom. The summed E-state index contributed by atoms with van der Waals surface area (Å²) in [5.41, 5.74) is 5.13. The van der Waals surface area contributed by atoms with Gasteiger partial charge in [0.1, 0.15) is 12.4 Å². The topological polar surface area (TPSA) is 26.3 Å². The largest absolute Gasteiger partial charge is 0.489 e. The minimum absolute atomic E-state index is 0.0118. The Balaban J connectivity index is 1.57. The molecule has 0 saturated carbocycles. The van der Waals surface area contributed by atoms with Crippen molar-refractivity contribution >= 4 is 5.78 Å². The smallest absolute Gasteiger partial charge is 0.416 e. The third kappa shape index (κ3) is 6.37. The highest BCUT2D eigenvalue weighted by atomic mass is 19.4. The molecule has 0 spiro atoms. The van der Waals surface area contributed by atoms with Crippen LogP contribution in [0.4, 0.5) is 13.2 Å². The van der Waals surface area contributed by atoms with E-state index in [1.807, 2.05) is 30.3 Å². The maximum atomic E-state index is 13.2. The number of ketones is 1. The highest BCUT2D eigenvalue weighted by Gasteiger charge is 2.30. The number of ether oxygens (including phenoxy) is 1. The molecule has 0 bridgehead atoms. The van der Waals surface area contributed by atoms with E-state index in [9.17, 15) is 18.0 Å². The summed E-state index contributed by atoms with van der Waals surface area (Å²) in [6, 6.07) is 16.9. The molecule has 3 aromatic carbocycles. The molecule has 190 valence electrons. The average molecular weight is 495 g/mol. The predicted molar refractivity (Wildman–Crippen MR) is 137 cm³/mol. The van der Waals surface area contributed by atoms with E-state index in [1.165, 1.54) is 35.2 Å². The molecule has 0 fully saturated rings. The first-order chi connectivity index (χ1) is 17.0.